The van der Waals surface area contributed by atoms with Gasteiger partial charge in [0.05, 0.1) is 18.2 Å². The number of halogens is 1. The van der Waals surface area contributed by atoms with Gasteiger partial charge >= 0.3 is 0 Å². The van der Waals surface area contributed by atoms with Crippen molar-refractivity contribution >= 4 is 29.1 Å². The van der Waals surface area contributed by atoms with Crippen molar-refractivity contribution < 1.29 is 19.4 Å². The first-order valence-electron chi connectivity index (χ1n) is 11.2. The number of hydrogen-bond donors (Lipinski definition) is 1. The Hall–Kier alpha value is -2.83. The summed E-state index contributed by atoms with van der Waals surface area (Å²) in [5.74, 6) is -0.749. The Balaban J connectivity index is 1.99. The van der Waals surface area contributed by atoms with Crippen LogP contribution in [-0.4, -0.2) is 60.4 Å². The first kappa shape index (κ1) is 24.8. The van der Waals surface area contributed by atoms with E-state index in [9.17, 15) is 14.7 Å². The molecule has 1 aliphatic rings. The molecule has 2 aromatic carbocycles. The highest BCUT2D eigenvalue weighted by atomic mass is 35.5. The summed E-state index contributed by atoms with van der Waals surface area (Å²) in [5, 5.41) is 11.6. The molecule has 1 saturated heterocycles. The molecule has 0 aliphatic carbocycles. The summed E-state index contributed by atoms with van der Waals surface area (Å²) in [4.78, 5) is 29.6. The van der Waals surface area contributed by atoms with E-state index in [1.54, 1.807) is 29.2 Å². The quantitative estimate of drug-likeness (QED) is 0.231. The number of carbonyl (C=O) groups excluding carboxylic acids is 2. The Morgan fingerprint density at radius 3 is 2.33 bits per heavy atom. The number of likely N-dealkylation sites (tertiary alicyclic amines) is 1. The molecule has 1 atom stereocenters. The number of unbranched alkanes of at least 4 members (excludes halogenated alkanes) is 1. The van der Waals surface area contributed by atoms with Gasteiger partial charge in [-0.05, 0) is 75.4 Å². The number of ether oxygens (including phenoxy) is 1. The topological polar surface area (TPSA) is 70.1 Å². The molecule has 1 N–H and O–H groups in total. The van der Waals surface area contributed by atoms with Crippen molar-refractivity contribution in [3.63, 3.8) is 0 Å². The van der Waals surface area contributed by atoms with E-state index in [2.05, 4.69) is 6.92 Å². The van der Waals surface area contributed by atoms with Crippen LogP contribution in [0.4, 0.5) is 0 Å². The zero-order valence-electron chi connectivity index (χ0n) is 19.4. The minimum Gasteiger partial charge on any atom is -0.507 e. The third-order valence-corrected chi connectivity index (χ3v) is 5.88. The van der Waals surface area contributed by atoms with Crippen LogP contribution in [0.15, 0.2) is 54.1 Å². The lowest BCUT2D eigenvalue weighted by molar-refractivity contribution is -0.139. The molecule has 7 heteroatoms. The molecule has 0 bridgehead atoms. The second kappa shape index (κ2) is 11.3. The van der Waals surface area contributed by atoms with Gasteiger partial charge < -0.3 is 19.6 Å². The number of amides is 1. The fourth-order valence-corrected chi connectivity index (χ4v) is 3.98. The number of nitrogens with zero attached hydrogens (tertiary/aromatic N) is 2. The fraction of sp³-hybridized carbons (Fsp3) is 0.385. The van der Waals surface area contributed by atoms with E-state index in [1.165, 1.54) is 0 Å². The number of hydrogen-bond acceptors (Lipinski definition) is 5. The molecule has 1 unspecified atom stereocenters. The maximum atomic E-state index is 13.0. The minimum absolute atomic E-state index is 0.0897. The van der Waals surface area contributed by atoms with Crippen LogP contribution in [0.25, 0.3) is 5.76 Å². The molecular formula is C26H31ClN2O4. The van der Waals surface area contributed by atoms with Gasteiger partial charge in [-0.2, -0.15) is 0 Å². The largest absolute Gasteiger partial charge is 0.507 e. The molecule has 176 valence electrons. The van der Waals surface area contributed by atoms with Crippen molar-refractivity contribution in [3.05, 3.63) is 70.3 Å². The Bertz CT molecular complexity index is 1000. The van der Waals surface area contributed by atoms with Gasteiger partial charge in [0.1, 0.15) is 11.5 Å². The third-order valence-electron chi connectivity index (χ3n) is 5.62. The molecule has 1 fully saturated rings. The van der Waals surface area contributed by atoms with Gasteiger partial charge in [0.15, 0.2) is 0 Å². The molecule has 0 spiro atoms. The van der Waals surface area contributed by atoms with Crippen molar-refractivity contribution in [3.8, 4) is 5.75 Å². The van der Waals surface area contributed by atoms with Crippen LogP contribution in [0.1, 0.15) is 43.4 Å². The number of benzene rings is 2. The van der Waals surface area contributed by atoms with Crippen molar-refractivity contribution in [2.45, 2.75) is 32.2 Å². The van der Waals surface area contributed by atoms with Crippen LogP contribution in [0.3, 0.4) is 0 Å². The second-order valence-corrected chi connectivity index (χ2v) is 8.86. The number of rotatable bonds is 10. The minimum atomic E-state index is -0.680. The molecule has 0 aromatic heterocycles. The van der Waals surface area contributed by atoms with E-state index in [0.29, 0.717) is 30.2 Å². The molecule has 33 heavy (non-hydrogen) atoms. The van der Waals surface area contributed by atoms with E-state index in [0.717, 1.165) is 30.7 Å². The highest BCUT2D eigenvalue weighted by Crippen LogP contribution is 2.40. The van der Waals surface area contributed by atoms with E-state index in [4.69, 9.17) is 16.3 Å². The number of ketones is 1. The van der Waals surface area contributed by atoms with Crippen LogP contribution < -0.4 is 4.74 Å². The first-order valence-corrected chi connectivity index (χ1v) is 11.6. The lowest BCUT2D eigenvalue weighted by atomic mass is 9.95. The third kappa shape index (κ3) is 5.95. The highest BCUT2D eigenvalue weighted by molar-refractivity contribution is 6.46. The molecule has 1 amide bonds. The van der Waals surface area contributed by atoms with Gasteiger partial charge in [0, 0.05) is 17.1 Å². The van der Waals surface area contributed by atoms with Crippen molar-refractivity contribution in [2.75, 3.05) is 33.8 Å². The van der Waals surface area contributed by atoms with E-state index >= 15 is 0 Å². The lowest BCUT2D eigenvalue weighted by Gasteiger charge is -2.26. The average molecular weight is 471 g/mol. The number of aliphatic hydroxyl groups is 1. The summed E-state index contributed by atoms with van der Waals surface area (Å²) in [6, 6.07) is 13.3. The van der Waals surface area contributed by atoms with Gasteiger partial charge in [-0.25, -0.2) is 0 Å². The molecule has 6 nitrogen and oxygen atoms in total. The van der Waals surface area contributed by atoms with Gasteiger partial charge in [-0.3, -0.25) is 9.59 Å². The maximum absolute atomic E-state index is 13.0. The summed E-state index contributed by atoms with van der Waals surface area (Å²) in [6.45, 7) is 3.92. The summed E-state index contributed by atoms with van der Waals surface area (Å²) in [6.07, 6.45) is 2.72. The summed E-state index contributed by atoms with van der Waals surface area (Å²) in [7, 11) is 3.92. The van der Waals surface area contributed by atoms with Crippen LogP contribution in [-0.2, 0) is 9.59 Å². The van der Waals surface area contributed by atoms with Gasteiger partial charge in [0.2, 0.25) is 0 Å². The van der Waals surface area contributed by atoms with Crippen LogP contribution in [0.2, 0.25) is 5.02 Å². The van der Waals surface area contributed by atoms with Crippen LogP contribution >= 0.6 is 11.6 Å². The van der Waals surface area contributed by atoms with Gasteiger partial charge in [-0.15, -0.1) is 0 Å². The zero-order valence-corrected chi connectivity index (χ0v) is 20.1. The zero-order chi connectivity index (χ0) is 24.0. The predicted molar refractivity (Wildman–Crippen MR) is 130 cm³/mol. The first-order chi connectivity index (χ1) is 15.8. The molecule has 1 heterocycles. The SMILES string of the molecule is CCCCOc1ccc(C2/C(=C(\O)c3ccc(Cl)cc3)C(=O)C(=O)N2CCCN(C)C)cc1. The number of carbonyl (C=O) groups is 2. The highest BCUT2D eigenvalue weighted by Gasteiger charge is 2.45. The monoisotopic (exact) mass is 470 g/mol. The normalized spacial score (nSPS) is 17.7. The number of aliphatic hydroxyl groups excluding tert-OH is 1. The second-order valence-electron chi connectivity index (χ2n) is 8.43. The fourth-order valence-electron chi connectivity index (χ4n) is 3.86. The number of Topliss-reactive ketones (excluding diaryl/α,β-unsaturated/α-hetero) is 1. The van der Waals surface area contributed by atoms with Crippen molar-refractivity contribution in [1.82, 2.24) is 9.80 Å². The van der Waals surface area contributed by atoms with Gasteiger partial charge in [-0.1, -0.05) is 37.1 Å². The van der Waals surface area contributed by atoms with E-state index in [-0.39, 0.29) is 11.3 Å². The van der Waals surface area contributed by atoms with Crippen LogP contribution in [0.5, 0.6) is 5.75 Å². The molecule has 0 saturated carbocycles. The predicted octanol–water partition coefficient (Wildman–Crippen LogP) is 4.89. The lowest BCUT2D eigenvalue weighted by Crippen LogP contribution is -2.32. The Morgan fingerprint density at radius 1 is 1.06 bits per heavy atom. The smallest absolute Gasteiger partial charge is 0.295 e. The standard InChI is InChI=1S/C26H31ClN2O4/c1-4-5-17-33-21-13-9-18(10-14-21)23-22(24(30)19-7-11-20(27)12-8-19)25(31)26(32)29(23)16-6-15-28(2)3/h7-14,23,30H,4-6,15-17H2,1-3H3/b24-22+. The molecule has 1 aliphatic heterocycles. The molecular weight excluding hydrogens is 440 g/mol. The van der Waals surface area contributed by atoms with E-state index < -0.39 is 17.7 Å². The van der Waals surface area contributed by atoms with Crippen LogP contribution in [0, 0.1) is 0 Å². The molecule has 2 aromatic rings. The van der Waals surface area contributed by atoms with Crippen molar-refractivity contribution in [1.29, 1.82) is 0 Å². The Labute approximate surface area is 200 Å². The van der Waals surface area contributed by atoms with E-state index in [1.807, 2.05) is 43.3 Å². The Morgan fingerprint density at radius 2 is 1.73 bits per heavy atom. The van der Waals surface area contributed by atoms with Crippen molar-refractivity contribution in [2.24, 2.45) is 0 Å². The Kier molecular flexibility index (Phi) is 8.53. The average Bonchev–Trinajstić information content (AvgIpc) is 3.04. The molecule has 0 radical (unpaired) electrons. The van der Waals surface area contributed by atoms with Gasteiger partial charge in [0.25, 0.3) is 11.7 Å². The summed E-state index contributed by atoms with van der Waals surface area (Å²) in [5.41, 5.74) is 1.28. The summed E-state index contributed by atoms with van der Waals surface area (Å²) < 4.78 is 5.75. The maximum Gasteiger partial charge on any atom is 0.295 e. The molecule has 3 rings (SSSR count). The summed E-state index contributed by atoms with van der Waals surface area (Å²) >= 11 is 5.98.